The maximum atomic E-state index is 11.9. The Bertz CT molecular complexity index is 686. The fourth-order valence-electron chi connectivity index (χ4n) is 2.26. The second-order valence-corrected chi connectivity index (χ2v) is 5.47. The maximum Gasteiger partial charge on any atom is 0.343 e. The molecule has 0 saturated carbocycles. The Morgan fingerprint density at radius 1 is 1.61 bits per heavy atom. The molecule has 0 aromatic carbocycles. The topological polar surface area (TPSA) is 140 Å². The minimum absolute atomic E-state index is 0.115. The molecule has 3 N–H and O–H groups in total. The summed E-state index contributed by atoms with van der Waals surface area (Å²) in [4.78, 5) is 40.3. The van der Waals surface area contributed by atoms with E-state index >= 15 is 0 Å². The van der Waals surface area contributed by atoms with E-state index in [9.17, 15) is 14.4 Å². The average Bonchev–Trinajstić information content (AvgIpc) is 2.86. The van der Waals surface area contributed by atoms with E-state index in [0.717, 1.165) is 0 Å². The highest BCUT2D eigenvalue weighted by Gasteiger charge is 2.39. The van der Waals surface area contributed by atoms with Crippen molar-refractivity contribution in [1.29, 1.82) is 0 Å². The van der Waals surface area contributed by atoms with Gasteiger partial charge in [-0.2, -0.15) is 0 Å². The number of hydrogen-bond donors (Lipinski definition) is 4. The minimum atomic E-state index is -1.39. The van der Waals surface area contributed by atoms with Gasteiger partial charge in [-0.3, -0.25) is 19.6 Å². The molecule has 0 amide bonds. The number of carboxylic acid groups (broad SMARTS) is 1. The molecule has 2 heterocycles. The van der Waals surface area contributed by atoms with Crippen molar-refractivity contribution >= 4 is 18.6 Å². The first-order chi connectivity index (χ1) is 10.8. The average molecular weight is 348 g/mol. The number of aryl methyl sites for hydroxylation is 1. The van der Waals surface area contributed by atoms with Crippen LogP contribution in [0.3, 0.4) is 0 Å². The number of aromatic nitrogens is 2. The highest BCUT2D eigenvalue weighted by atomic mass is 32.1. The second kappa shape index (κ2) is 7.27. The third kappa shape index (κ3) is 4.00. The van der Waals surface area contributed by atoms with Gasteiger partial charge in [-0.05, 0) is 6.92 Å². The van der Waals surface area contributed by atoms with Gasteiger partial charge in [0.15, 0.2) is 5.44 Å². The third-order valence-corrected chi connectivity index (χ3v) is 3.73. The predicted molar refractivity (Wildman–Crippen MR) is 78.5 cm³/mol. The van der Waals surface area contributed by atoms with Gasteiger partial charge in [0.1, 0.15) is 18.9 Å². The van der Waals surface area contributed by atoms with Gasteiger partial charge in [-0.1, -0.05) is 0 Å². The van der Waals surface area contributed by atoms with Crippen LogP contribution in [0.25, 0.3) is 0 Å². The Hall–Kier alpha value is -1.66. The third-order valence-electron chi connectivity index (χ3n) is 3.39. The van der Waals surface area contributed by atoms with Gasteiger partial charge in [-0.15, -0.1) is 12.6 Å². The number of nitrogens with zero attached hydrogens (tertiary/aromatic N) is 1. The van der Waals surface area contributed by atoms with Crippen LogP contribution < -0.4 is 11.2 Å². The van der Waals surface area contributed by atoms with E-state index in [4.69, 9.17) is 19.8 Å². The first-order valence-electron chi connectivity index (χ1n) is 6.63. The lowest BCUT2D eigenvalue weighted by molar-refractivity contribution is -0.266. The molecule has 0 bridgehead atoms. The van der Waals surface area contributed by atoms with Crippen LogP contribution in [0, 0.1) is 6.92 Å². The van der Waals surface area contributed by atoms with Crippen molar-refractivity contribution < 1.29 is 29.5 Å². The molecule has 2 rings (SSSR count). The van der Waals surface area contributed by atoms with E-state index in [2.05, 4.69) is 22.5 Å². The molecule has 23 heavy (non-hydrogen) atoms. The van der Waals surface area contributed by atoms with E-state index in [1.165, 1.54) is 17.7 Å². The van der Waals surface area contributed by atoms with Crippen molar-refractivity contribution in [3.05, 3.63) is 32.6 Å². The molecular weight excluding hydrogens is 332 g/mol. The number of rotatable bonds is 6. The smallest absolute Gasteiger partial charge is 0.343 e. The molecule has 1 aromatic rings. The lowest BCUT2D eigenvalue weighted by Gasteiger charge is -2.19. The summed E-state index contributed by atoms with van der Waals surface area (Å²) < 4.78 is 12.0. The van der Waals surface area contributed by atoms with Crippen molar-refractivity contribution in [2.24, 2.45) is 0 Å². The number of carboxylic acids is 1. The van der Waals surface area contributed by atoms with Crippen molar-refractivity contribution in [3.63, 3.8) is 0 Å². The Morgan fingerprint density at radius 3 is 2.91 bits per heavy atom. The Morgan fingerprint density at radius 2 is 2.30 bits per heavy atom. The molecule has 1 aromatic heterocycles. The normalized spacial score (nSPS) is 25.4. The zero-order valence-electron chi connectivity index (χ0n) is 12.0. The van der Waals surface area contributed by atoms with E-state index in [-0.39, 0.29) is 13.0 Å². The molecule has 0 aliphatic carbocycles. The molecular formula is C12H16N2O8S. The van der Waals surface area contributed by atoms with Crippen molar-refractivity contribution in [2.45, 2.75) is 37.2 Å². The molecule has 0 spiro atoms. The molecule has 1 aliphatic rings. The molecule has 4 atom stereocenters. The first kappa shape index (κ1) is 17.7. The predicted octanol–water partition coefficient (Wildman–Crippen LogP) is -0.652. The molecule has 0 radical (unpaired) electrons. The number of aliphatic carboxylic acids is 1. The van der Waals surface area contributed by atoms with Gasteiger partial charge in [0, 0.05) is 18.2 Å². The Kier molecular flexibility index (Phi) is 5.59. The quantitative estimate of drug-likeness (QED) is 0.230. The molecule has 128 valence electrons. The van der Waals surface area contributed by atoms with Gasteiger partial charge in [0.25, 0.3) is 5.56 Å². The van der Waals surface area contributed by atoms with Gasteiger partial charge >= 0.3 is 11.7 Å². The van der Waals surface area contributed by atoms with Gasteiger partial charge < -0.3 is 14.6 Å². The van der Waals surface area contributed by atoms with Crippen LogP contribution in [-0.2, 0) is 19.2 Å². The summed E-state index contributed by atoms with van der Waals surface area (Å²) >= 11 is 3.78. The van der Waals surface area contributed by atoms with Crippen molar-refractivity contribution in [1.82, 2.24) is 9.55 Å². The zero-order chi connectivity index (χ0) is 17.1. The number of thiol groups is 1. The van der Waals surface area contributed by atoms with Crippen LogP contribution in [0.15, 0.2) is 15.8 Å². The molecule has 1 aliphatic heterocycles. The summed E-state index contributed by atoms with van der Waals surface area (Å²) in [6.07, 6.45) is -0.940. The van der Waals surface area contributed by atoms with Crippen LogP contribution >= 0.6 is 12.6 Å². The number of ether oxygens (including phenoxy) is 2. The van der Waals surface area contributed by atoms with Gasteiger partial charge in [-0.25, -0.2) is 14.5 Å². The lowest BCUT2D eigenvalue weighted by Crippen LogP contribution is -2.33. The zero-order valence-corrected chi connectivity index (χ0v) is 12.9. The van der Waals surface area contributed by atoms with Gasteiger partial charge in [0.05, 0.1) is 6.10 Å². The Balaban J connectivity index is 2.22. The number of carbonyl (C=O) groups is 1. The lowest BCUT2D eigenvalue weighted by atomic mass is 10.2. The maximum absolute atomic E-state index is 11.9. The largest absolute Gasteiger partial charge is 0.479 e. The van der Waals surface area contributed by atoms with Crippen molar-refractivity contribution in [3.8, 4) is 0 Å². The summed E-state index contributed by atoms with van der Waals surface area (Å²) in [5.74, 6) is -1.28. The van der Waals surface area contributed by atoms with Crippen LogP contribution in [0.1, 0.15) is 18.2 Å². The highest BCUT2D eigenvalue weighted by molar-refractivity contribution is 7.81. The van der Waals surface area contributed by atoms with Gasteiger partial charge in [0.2, 0.25) is 0 Å². The summed E-state index contributed by atoms with van der Waals surface area (Å²) in [5, 5.41) is 17.4. The second-order valence-electron chi connectivity index (χ2n) is 5.00. The minimum Gasteiger partial charge on any atom is -0.479 e. The summed E-state index contributed by atoms with van der Waals surface area (Å²) in [6, 6.07) is 0. The molecule has 1 fully saturated rings. The highest BCUT2D eigenvalue weighted by Crippen LogP contribution is 2.31. The summed E-state index contributed by atoms with van der Waals surface area (Å²) in [5.41, 5.74) is -2.26. The number of aromatic amines is 1. The van der Waals surface area contributed by atoms with E-state index in [0.29, 0.717) is 5.56 Å². The van der Waals surface area contributed by atoms with E-state index in [1.807, 2.05) is 0 Å². The fraction of sp³-hybridized carbons (Fsp3) is 0.583. The van der Waals surface area contributed by atoms with E-state index < -0.39 is 41.1 Å². The fourth-order valence-corrected chi connectivity index (χ4v) is 2.42. The molecule has 10 nitrogen and oxygen atoms in total. The van der Waals surface area contributed by atoms with E-state index in [1.54, 1.807) is 0 Å². The van der Waals surface area contributed by atoms with Crippen LogP contribution in [0.5, 0.6) is 0 Å². The molecule has 11 heteroatoms. The number of nitrogens with one attached hydrogen (secondary N) is 1. The molecule has 1 saturated heterocycles. The Labute approximate surface area is 134 Å². The first-order valence-corrected chi connectivity index (χ1v) is 7.15. The SMILES string of the molecule is Cc1cn([C@H]2CC(OC(S)C(=O)O)[C@@H](COO)O2)c(=O)[nH]c1=O. The van der Waals surface area contributed by atoms with Crippen LogP contribution in [0.2, 0.25) is 0 Å². The van der Waals surface area contributed by atoms with Crippen LogP contribution in [-0.4, -0.2) is 50.1 Å². The monoisotopic (exact) mass is 348 g/mol. The molecule has 2 unspecified atom stereocenters. The van der Waals surface area contributed by atoms with Crippen molar-refractivity contribution in [2.75, 3.05) is 6.61 Å². The summed E-state index contributed by atoms with van der Waals surface area (Å²) in [6.45, 7) is 1.25. The van der Waals surface area contributed by atoms with Crippen LogP contribution in [0.4, 0.5) is 0 Å². The number of hydrogen-bond acceptors (Lipinski definition) is 8. The summed E-state index contributed by atoms with van der Waals surface area (Å²) in [7, 11) is 0. The number of H-pyrrole nitrogens is 1. The standard InChI is InChI=1S/C12H16N2O8S/c1-5-3-14(12(18)13-9(5)15)8-2-6(7(21-8)4-20-19)22-11(23)10(16)17/h3,6-8,11,19,23H,2,4H2,1H3,(H,16,17)(H,13,15,18)/t6?,7-,8-,11?/m1/s1.